The fourth-order valence-electron chi connectivity index (χ4n) is 9.95. The Balaban J connectivity index is 1.35. The molecule has 7 aromatic carbocycles. The van der Waals surface area contributed by atoms with Gasteiger partial charge in [0.15, 0.2) is 0 Å². The smallest absolute Gasteiger partial charge is 0.0731 e. The molecule has 0 unspecified atom stereocenters. The van der Waals surface area contributed by atoms with Gasteiger partial charge in [0.05, 0.1) is 16.8 Å². The van der Waals surface area contributed by atoms with Crippen LogP contribution in [0.2, 0.25) is 0 Å². The van der Waals surface area contributed by atoms with Gasteiger partial charge in [-0.1, -0.05) is 182 Å². The predicted molar refractivity (Wildman–Crippen MR) is 230 cm³/mol. The third-order valence-corrected chi connectivity index (χ3v) is 12.0. The van der Waals surface area contributed by atoms with Crippen molar-refractivity contribution >= 4 is 27.7 Å². The normalized spacial score (nSPS) is 15.3. The summed E-state index contributed by atoms with van der Waals surface area (Å²) >= 11 is 0. The second-order valence-electron chi connectivity index (χ2n) is 14.8. The molecule has 0 heterocycles. The summed E-state index contributed by atoms with van der Waals surface area (Å²) in [5, 5.41) is 2.53. The van der Waals surface area contributed by atoms with E-state index in [1.54, 1.807) is 0 Å². The molecule has 0 saturated heterocycles. The summed E-state index contributed by atoms with van der Waals surface area (Å²) in [6, 6.07) is 56.8. The van der Waals surface area contributed by atoms with E-state index >= 15 is 0 Å². The van der Waals surface area contributed by atoms with Crippen LogP contribution in [0, 0.1) is 11.8 Å². The molecule has 0 N–H and O–H groups in total. The number of rotatable bonds is 5. The second-order valence-corrected chi connectivity index (χ2v) is 14.8. The van der Waals surface area contributed by atoms with Gasteiger partial charge < -0.3 is 4.90 Å². The number of benzene rings is 7. The first-order valence-corrected chi connectivity index (χ1v) is 19.4. The van der Waals surface area contributed by atoms with Crippen molar-refractivity contribution < 1.29 is 0 Å². The van der Waals surface area contributed by atoms with Crippen molar-refractivity contribution in [3.05, 3.63) is 222 Å². The maximum Gasteiger partial charge on any atom is 0.0731 e. The first kappa shape index (κ1) is 31.6. The second kappa shape index (κ2) is 12.6. The molecule has 55 heavy (non-hydrogen) atoms. The summed E-state index contributed by atoms with van der Waals surface area (Å²) in [4.78, 5) is 2.61. The first-order chi connectivity index (χ1) is 27.4. The lowest BCUT2D eigenvalue weighted by atomic mass is 9.69. The van der Waals surface area contributed by atoms with E-state index < -0.39 is 5.41 Å². The Bertz CT molecular complexity index is 2860. The summed E-state index contributed by atoms with van der Waals surface area (Å²) in [6.07, 6.45) is 15.8. The molecule has 0 aliphatic heterocycles. The zero-order chi connectivity index (χ0) is 36.3. The first-order valence-electron chi connectivity index (χ1n) is 19.4. The average molecular weight is 700 g/mol. The van der Waals surface area contributed by atoms with Crippen LogP contribution in [-0.4, -0.2) is 0 Å². The number of nitrogens with zero attached hydrogens (tertiary/aromatic N) is 1. The molecular formula is C54H37N. The van der Waals surface area contributed by atoms with Gasteiger partial charge in [0.25, 0.3) is 0 Å². The van der Waals surface area contributed by atoms with E-state index in [1.165, 1.54) is 94.6 Å². The molecule has 1 spiro atoms. The summed E-state index contributed by atoms with van der Waals surface area (Å²) in [5.74, 6) is 6.59. The van der Waals surface area contributed by atoms with Gasteiger partial charge in [-0.3, -0.25) is 0 Å². The van der Waals surface area contributed by atoms with E-state index in [-0.39, 0.29) is 0 Å². The van der Waals surface area contributed by atoms with Gasteiger partial charge in [0.2, 0.25) is 0 Å². The van der Waals surface area contributed by atoms with Crippen molar-refractivity contribution in [1.29, 1.82) is 0 Å². The van der Waals surface area contributed by atoms with Gasteiger partial charge in [-0.25, -0.2) is 0 Å². The minimum atomic E-state index is -0.480. The lowest BCUT2D eigenvalue weighted by molar-refractivity contribution is 0.801. The van der Waals surface area contributed by atoms with Gasteiger partial charge in [-0.15, -0.1) is 0 Å². The Hall–Kier alpha value is -6.88. The van der Waals surface area contributed by atoms with Crippen molar-refractivity contribution in [2.45, 2.75) is 24.7 Å². The van der Waals surface area contributed by atoms with Crippen LogP contribution in [0.1, 0.15) is 47.1 Å². The predicted octanol–water partition coefficient (Wildman–Crippen LogP) is 13.6. The molecule has 0 amide bonds. The minimum absolute atomic E-state index is 0.480. The van der Waals surface area contributed by atoms with Crippen molar-refractivity contribution in [3.8, 4) is 45.2 Å². The number of fused-ring (bicyclic) bond motifs is 12. The molecule has 4 aliphatic carbocycles. The van der Waals surface area contributed by atoms with Gasteiger partial charge in [-0.05, 0) is 92.1 Å². The van der Waals surface area contributed by atoms with Crippen LogP contribution in [0.3, 0.4) is 0 Å². The van der Waals surface area contributed by atoms with Crippen molar-refractivity contribution in [3.63, 3.8) is 0 Å². The number of allylic oxidation sites excluding steroid dienone is 8. The molecule has 0 radical (unpaired) electrons. The monoisotopic (exact) mass is 699 g/mol. The quantitative estimate of drug-likeness (QED) is 0.162. The number of anilines is 2. The van der Waals surface area contributed by atoms with Crippen LogP contribution in [-0.2, 0) is 5.41 Å². The zero-order valence-corrected chi connectivity index (χ0v) is 30.5. The highest BCUT2D eigenvalue weighted by atomic mass is 15.2. The molecule has 0 atom stereocenters. The van der Waals surface area contributed by atoms with Crippen LogP contribution in [0.15, 0.2) is 194 Å². The van der Waals surface area contributed by atoms with Crippen LogP contribution < -0.4 is 4.90 Å². The van der Waals surface area contributed by atoms with E-state index in [4.69, 9.17) is 0 Å². The average Bonchev–Trinajstić information content (AvgIpc) is 3.55. The zero-order valence-electron chi connectivity index (χ0n) is 30.5. The standard InChI is InChI=1S/C54H37N/c1-2-6-22-37(21-5-1)40-27-16-20-36-49(40)55(39-25-9-4-10-26-39)53-44-31-12-11-30-43(44)52-51(50(53)38-23-7-3-8-24-38)45-32-15-19-35-48(45)54(52)46-33-17-13-28-41(46)42-29-14-18-34-47(42)54/h1,3-5,7-9,11-21,23-25,27-36H,10,22,26H2. The van der Waals surface area contributed by atoms with Crippen LogP contribution >= 0.6 is 0 Å². The van der Waals surface area contributed by atoms with E-state index in [9.17, 15) is 0 Å². The molecule has 0 fully saturated rings. The highest BCUT2D eigenvalue weighted by molar-refractivity contribution is 6.17. The largest absolute Gasteiger partial charge is 0.312 e. The molecule has 0 saturated carbocycles. The van der Waals surface area contributed by atoms with Crippen LogP contribution in [0.25, 0.3) is 49.7 Å². The van der Waals surface area contributed by atoms with E-state index in [0.717, 1.165) is 12.8 Å². The van der Waals surface area contributed by atoms with Crippen LogP contribution in [0.4, 0.5) is 11.4 Å². The Labute approximate surface area is 322 Å². The summed E-state index contributed by atoms with van der Waals surface area (Å²) < 4.78 is 0. The van der Waals surface area contributed by atoms with E-state index in [1.807, 2.05) is 6.08 Å². The lowest BCUT2D eigenvalue weighted by Crippen LogP contribution is -2.27. The number of hydrogen-bond acceptors (Lipinski definition) is 1. The van der Waals surface area contributed by atoms with Gasteiger partial charge in [0.1, 0.15) is 0 Å². The Morgan fingerprint density at radius 3 is 1.87 bits per heavy atom. The third-order valence-electron chi connectivity index (χ3n) is 12.0. The Morgan fingerprint density at radius 2 is 1.15 bits per heavy atom. The van der Waals surface area contributed by atoms with Gasteiger partial charge in [-0.2, -0.15) is 0 Å². The molecular weight excluding hydrogens is 663 g/mol. The fraction of sp³-hybridized carbons (Fsp3) is 0.0741. The highest BCUT2D eigenvalue weighted by Crippen LogP contribution is 2.67. The Kier molecular flexibility index (Phi) is 7.26. The van der Waals surface area contributed by atoms with Crippen LogP contribution in [0.5, 0.6) is 0 Å². The third kappa shape index (κ3) is 4.56. The van der Waals surface area contributed by atoms with Crippen molar-refractivity contribution in [1.82, 2.24) is 0 Å². The molecule has 7 aromatic rings. The topological polar surface area (TPSA) is 3.24 Å². The van der Waals surface area contributed by atoms with Crippen molar-refractivity contribution in [2.75, 3.05) is 4.90 Å². The van der Waals surface area contributed by atoms with E-state index in [2.05, 4.69) is 199 Å². The fourth-order valence-corrected chi connectivity index (χ4v) is 9.95. The van der Waals surface area contributed by atoms with Crippen molar-refractivity contribution in [2.24, 2.45) is 0 Å². The SMILES string of the molecule is C1#CCC(c2ccccc2N(C2=CC=CCC2)c2c(-c3ccccc3)c3c(c4ccccc24)C2(c4ccccc4-c4ccccc42)c2ccccc2-3)=CC=C1. The summed E-state index contributed by atoms with van der Waals surface area (Å²) in [7, 11) is 0. The van der Waals surface area contributed by atoms with E-state index in [0.29, 0.717) is 6.42 Å². The molecule has 258 valence electrons. The van der Waals surface area contributed by atoms with Gasteiger partial charge >= 0.3 is 0 Å². The molecule has 0 aromatic heterocycles. The summed E-state index contributed by atoms with van der Waals surface area (Å²) in [6.45, 7) is 0. The highest BCUT2D eigenvalue weighted by Gasteiger charge is 2.53. The Morgan fingerprint density at radius 1 is 0.527 bits per heavy atom. The number of para-hydroxylation sites is 1. The summed E-state index contributed by atoms with van der Waals surface area (Å²) in [5.41, 5.74) is 18.8. The minimum Gasteiger partial charge on any atom is -0.312 e. The maximum atomic E-state index is 3.39. The molecule has 0 bridgehead atoms. The molecule has 1 nitrogen and oxygen atoms in total. The van der Waals surface area contributed by atoms with Gasteiger partial charge in [0, 0.05) is 28.6 Å². The molecule has 4 aliphatic rings. The molecule has 1 heteroatoms. The maximum absolute atomic E-state index is 3.39. The molecule has 11 rings (SSSR count). The lowest BCUT2D eigenvalue weighted by Gasteiger charge is -2.36. The number of hydrogen-bond donors (Lipinski definition) is 0.